The summed E-state index contributed by atoms with van der Waals surface area (Å²) in [5.74, 6) is -0.199. The Morgan fingerprint density at radius 2 is 0.975 bits per heavy atom. The van der Waals surface area contributed by atoms with E-state index >= 15 is 0 Å². The Hall–Kier alpha value is -4.96. The van der Waals surface area contributed by atoms with Gasteiger partial charge in [0.2, 0.25) is 0 Å². The summed E-state index contributed by atoms with van der Waals surface area (Å²) in [6, 6.07) is 45.6. The van der Waals surface area contributed by atoms with Crippen molar-refractivity contribution in [1.82, 2.24) is 5.32 Å². The molecule has 0 radical (unpaired) electrons. The third-order valence-corrected chi connectivity index (χ3v) is 7.78. The van der Waals surface area contributed by atoms with Gasteiger partial charge in [0.25, 0.3) is 0 Å². The van der Waals surface area contributed by atoms with Gasteiger partial charge >= 0.3 is 6.09 Å². The zero-order valence-electron chi connectivity index (χ0n) is 22.0. The van der Waals surface area contributed by atoms with Gasteiger partial charge < -0.3 is 10.1 Å². The fourth-order valence-electron chi connectivity index (χ4n) is 5.98. The number of nitrogens with one attached hydrogen (secondary N) is 1. The number of Topliss-reactive ketones (excluding diaryl/α,β-unsaturated/α-hetero) is 1. The van der Waals surface area contributed by atoms with Crippen LogP contribution in [0.25, 0.3) is 11.1 Å². The maximum atomic E-state index is 14.3. The number of ketones is 1. The van der Waals surface area contributed by atoms with Crippen LogP contribution >= 0.6 is 0 Å². The van der Waals surface area contributed by atoms with Crippen molar-refractivity contribution in [2.24, 2.45) is 0 Å². The van der Waals surface area contributed by atoms with Crippen LogP contribution in [-0.4, -0.2) is 25.0 Å². The molecule has 0 fully saturated rings. The van der Waals surface area contributed by atoms with Crippen molar-refractivity contribution in [3.8, 4) is 11.1 Å². The van der Waals surface area contributed by atoms with Crippen LogP contribution in [0.15, 0.2) is 140 Å². The van der Waals surface area contributed by atoms with Gasteiger partial charge in [0.1, 0.15) is 12.0 Å². The number of hydrogen-bond donors (Lipinski definition) is 1. The molecule has 5 aromatic carbocycles. The lowest BCUT2D eigenvalue weighted by Gasteiger charge is -2.34. The van der Waals surface area contributed by atoms with E-state index < -0.39 is 11.5 Å². The Kier molecular flexibility index (Phi) is 6.98. The molecule has 1 N–H and O–H groups in total. The van der Waals surface area contributed by atoms with Crippen LogP contribution in [0.1, 0.15) is 33.7 Å². The molecule has 0 spiro atoms. The maximum Gasteiger partial charge on any atom is 0.407 e. The minimum atomic E-state index is -1.10. The van der Waals surface area contributed by atoms with Crippen molar-refractivity contribution in [3.63, 3.8) is 0 Å². The van der Waals surface area contributed by atoms with E-state index in [4.69, 9.17) is 4.74 Å². The van der Waals surface area contributed by atoms with E-state index in [1.807, 2.05) is 115 Å². The first-order chi connectivity index (χ1) is 19.7. The molecule has 0 atom stereocenters. The largest absolute Gasteiger partial charge is 0.449 e. The second-order valence-electron chi connectivity index (χ2n) is 9.95. The Morgan fingerprint density at radius 3 is 1.43 bits per heavy atom. The zero-order valence-corrected chi connectivity index (χ0v) is 22.0. The molecule has 0 unspecified atom stereocenters. The molecular formula is C36H29NO3. The van der Waals surface area contributed by atoms with E-state index in [2.05, 4.69) is 29.6 Å². The molecule has 0 heterocycles. The Morgan fingerprint density at radius 1 is 0.575 bits per heavy atom. The van der Waals surface area contributed by atoms with Crippen molar-refractivity contribution in [3.05, 3.63) is 167 Å². The Balaban J connectivity index is 1.25. The predicted octanol–water partition coefficient (Wildman–Crippen LogP) is 7.13. The highest BCUT2D eigenvalue weighted by Crippen LogP contribution is 2.44. The predicted molar refractivity (Wildman–Crippen MR) is 157 cm³/mol. The highest BCUT2D eigenvalue weighted by Gasteiger charge is 2.43. The van der Waals surface area contributed by atoms with Crippen molar-refractivity contribution >= 4 is 11.9 Å². The van der Waals surface area contributed by atoms with E-state index in [1.165, 1.54) is 11.1 Å². The molecule has 0 bridgehead atoms. The summed E-state index contributed by atoms with van der Waals surface area (Å²) in [4.78, 5) is 27.3. The fraction of sp³-hybridized carbons (Fsp3) is 0.111. The van der Waals surface area contributed by atoms with Gasteiger partial charge in [-0.2, -0.15) is 0 Å². The molecule has 0 aromatic heterocycles. The smallest absolute Gasteiger partial charge is 0.407 e. The molecule has 1 aliphatic carbocycles. The van der Waals surface area contributed by atoms with Gasteiger partial charge in [0.15, 0.2) is 5.78 Å². The number of carbonyl (C=O) groups excluding carboxylic acids is 2. The topological polar surface area (TPSA) is 55.4 Å². The molecule has 0 saturated heterocycles. The molecular weight excluding hydrogens is 494 g/mol. The second kappa shape index (κ2) is 11.0. The van der Waals surface area contributed by atoms with Crippen LogP contribution in [0.4, 0.5) is 4.79 Å². The number of alkyl carbamates (subject to hydrolysis) is 1. The quantitative estimate of drug-likeness (QED) is 0.220. The van der Waals surface area contributed by atoms with Gasteiger partial charge in [-0.1, -0.05) is 140 Å². The monoisotopic (exact) mass is 523 g/mol. The lowest BCUT2D eigenvalue weighted by molar-refractivity contribution is -0.121. The minimum Gasteiger partial charge on any atom is -0.449 e. The number of amides is 1. The van der Waals surface area contributed by atoms with Crippen LogP contribution in [0.5, 0.6) is 0 Å². The summed E-state index contributed by atoms with van der Waals surface area (Å²) in [7, 11) is 0. The lowest BCUT2D eigenvalue weighted by Crippen LogP contribution is -2.45. The number of carbonyl (C=O) groups is 2. The Labute approximate surface area is 234 Å². The average Bonchev–Trinajstić information content (AvgIpc) is 3.34. The summed E-state index contributed by atoms with van der Waals surface area (Å²) in [6.07, 6.45) is -0.613. The normalized spacial score (nSPS) is 12.3. The van der Waals surface area contributed by atoms with Crippen molar-refractivity contribution < 1.29 is 14.3 Å². The maximum absolute atomic E-state index is 14.3. The van der Waals surface area contributed by atoms with Crippen LogP contribution < -0.4 is 5.32 Å². The van der Waals surface area contributed by atoms with Crippen LogP contribution in [0.3, 0.4) is 0 Å². The lowest BCUT2D eigenvalue weighted by atomic mass is 9.66. The highest BCUT2D eigenvalue weighted by molar-refractivity contribution is 6.00. The van der Waals surface area contributed by atoms with E-state index in [1.54, 1.807) is 0 Å². The SMILES string of the molecule is O=C(NCC(=O)C(c1ccccc1)(c1ccccc1)c1ccccc1)OCC1c2ccccc2-c2ccccc21. The van der Waals surface area contributed by atoms with Gasteiger partial charge in [0, 0.05) is 5.92 Å². The van der Waals surface area contributed by atoms with Crippen molar-refractivity contribution in [1.29, 1.82) is 0 Å². The molecule has 6 rings (SSSR count). The highest BCUT2D eigenvalue weighted by atomic mass is 16.5. The number of hydrogen-bond acceptors (Lipinski definition) is 3. The van der Waals surface area contributed by atoms with Crippen LogP contribution in [-0.2, 0) is 14.9 Å². The molecule has 0 saturated carbocycles. The molecule has 4 nitrogen and oxygen atoms in total. The van der Waals surface area contributed by atoms with Gasteiger partial charge in [0.05, 0.1) is 6.54 Å². The summed E-state index contributed by atoms with van der Waals surface area (Å²) in [6.45, 7) is 0.00457. The summed E-state index contributed by atoms with van der Waals surface area (Å²) in [5.41, 5.74) is 6.04. The molecule has 0 aliphatic heterocycles. The summed E-state index contributed by atoms with van der Waals surface area (Å²) in [5, 5.41) is 2.76. The van der Waals surface area contributed by atoms with Gasteiger partial charge in [-0.25, -0.2) is 4.79 Å². The first kappa shape index (κ1) is 25.3. The first-order valence-electron chi connectivity index (χ1n) is 13.5. The van der Waals surface area contributed by atoms with E-state index in [9.17, 15) is 9.59 Å². The molecule has 1 amide bonds. The van der Waals surface area contributed by atoms with Gasteiger partial charge in [-0.3, -0.25) is 4.79 Å². The molecule has 196 valence electrons. The molecule has 4 heteroatoms. The van der Waals surface area contributed by atoms with Gasteiger partial charge in [-0.15, -0.1) is 0 Å². The number of fused-ring (bicyclic) bond motifs is 3. The van der Waals surface area contributed by atoms with E-state index in [0.717, 1.165) is 27.8 Å². The average molecular weight is 524 g/mol. The van der Waals surface area contributed by atoms with Gasteiger partial charge in [-0.05, 0) is 38.9 Å². The van der Waals surface area contributed by atoms with Crippen LogP contribution in [0, 0.1) is 0 Å². The standard InChI is InChI=1S/C36H29NO3/c38-34(24-37-35(39)40-25-33-31-22-12-10-20-29(31)30-21-11-13-23-32(30)33)36(26-14-4-1-5-15-26,27-16-6-2-7-17-27)28-18-8-3-9-19-28/h1-23,33H,24-25H2,(H,37,39). The van der Waals surface area contributed by atoms with E-state index in [0.29, 0.717) is 0 Å². The van der Waals surface area contributed by atoms with Crippen molar-refractivity contribution in [2.75, 3.05) is 13.2 Å². The molecule has 40 heavy (non-hydrogen) atoms. The summed E-state index contributed by atoms with van der Waals surface area (Å²) >= 11 is 0. The van der Waals surface area contributed by atoms with Crippen LogP contribution in [0.2, 0.25) is 0 Å². The number of benzene rings is 5. The third-order valence-electron chi connectivity index (χ3n) is 7.78. The molecule has 1 aliphatic rings. The first-order valence-corrected chi connectivity index (χ1v) is 13.5. The summed E-state index contributed by atoms with van der Waals surface area (Å²) < 4.78 is 5.72. The van der Waals surface area contributed by atoms with E-state index in [-0.39, 0.29) is 24.9 Å². The second-order valence-corrected chi connectivity index (χ2v) is 9.95. The zero-order chi connectivity index (χ0) is 27.4. The molecule has 5 aromatic rings. The fourth-order valence-corrected chi connectivity index (χ4v) is 5.98. The number of ether oxygens (including phenoxy) is 1. The Bertz CT molecular complexity index is 1490. The minimum absolute atomic E-state index is 0.0501. The van der Waals surface area contributed by atoms with Crippen molar-refractivity contribution in [2.45, 2.75) is 11.3 Å². The number of rotatable bonds is 8. The third kappa shape index (κ3) is 4.48.